The summed E-state index contributed by atoms with van der Waals surface area (Å²) in [7, 11) is 4.79. The maximum atomic E-state index is 5.43. The van der Waals surface area contributed by atoms with Crippen LogP contribution < -0.4 is 29.7 Å². The highest BCUT2D eigenvalue weighted by molar-refractivity contribution is 14.0. The van der Waals surface area contributed by atoms with E-state index in [2.05, 4.69) is 52.0 Å². The number of rotatable bonds is 8. The summed E-state index contributed by atoms with van der Waals surface area (Å²) in [4.78, 5) is 7.04. The molecule has 168 valence electrons. The molecule has 0 saturated carbocycles. The molecule has 0 spiro atoms. The Bertz CT molecular complexity index is 867. The average molecular weight is 538 g/mol. The van der Waals surface area contributed by atoms with Crippen molar-refractivity contribution in [2.45, 2.75) is 13.5 Å². The number of nitrogens with one attached hydrogen (secondary N) is 2. The first-order valence-corrected chi connectivity index (χ1v) is 10.0. The minimum atomic E-state index is 0. The molecule has 1 heterocycles. The monoisotopic (exact) mass is 538 g/mol. The number of methoxy groups -OCH3 is 3. The van der Waals surface area contributed by atoms with Gasteiger partial charge in [0.2, 0.25) is 5.75 Å². The molecule has 2 N–H and O–H groups in total. The van der Waals surface area contributed by atoms with Crippen molar-refractivity contribution in [2.24, 2.45) is 4.99 Å². The maximum Gasteiger partial charge on any atom is 0.203 e. The lowest BCUT2D eigenvalue weighted by atomic mass is 10.2. The molecule has 0 aromatic heterocycles. The number of benzene rings is 2. The molecular weight excluding hydrogens is 507 g/mol. The predicted molar refractivity (Wildman–Crippen MR) is 138 cm³/mol. The molecule has 7 nitrogen and oxygen atoms in total. The van der Waals surface area contributed by atoms with Crippen LogP contribution in [0.3, 0.4) is 0 Å². The Morgan fingerprint density at radius 1 is 0.968 bits per heavy atom. The molecular formula is C23H31IN4O3. The van der Waals surface area contributed by atoms with Crippen LogP contribution in [0.2, 0.25) is 0 Å². The number of halogens is 1. The third kappa shape index (κ3) is 6.43. The Balaban J connectivity index is 0.00000341. The molecule has 0 amide bonds. The van der Waals surface area contributed by atoms with Crippen LogP contribution in [0.4, 0.5) is 11.4 Å². The van der Waals surface area contributed by atoms with Gasteiger partial charge in [0.05, 0.1) is 27.9 Å². The zero-order valence-electron chi connectivity index (χ0n) is 18.5. The second-order valence-electron chi connectivity index (χ2n) is 6.78. The average Bonchev–Trinajstić information content (AvgIpc) is 3.32. The van der Waals surface area contributed by atoms with Crippen LogP contribution in [0.5, 0.6) is 17.2 Å². The first-order valence-electron chi connectivity index (χ1n) is 10.0. The van der Waals surface area contributed by atoms with Crippen LogP contribution >= 0.6 is 24.0 Å². The largest absolute Gasteiger partial charge is 0.493 e. The molecule has 3 rings (SSSR count). The molecule has 0 atom stereocenters. The van der Waals surface area contributed by atoms with E-state index >= 15 is 0 Å². The lowest BCUT2D eigenvalue weighted by Crippen LogP contribution is -2.30. The molecule has 0 unspecified atom stereocenters. The van der Waals surface area contributed by atoms with Gasteiger partial charge in [-0.05, 0) is 24.6 Å². The molecule has 0 radical (unpaired) electrons. The SMILES string of the molecule is CCNC(=NCc1ccc(N2CC=CC2)cc1)Nc1cc(OC)c(OC)c(OC)c1.I. The topological polar surface area (TPSA) is 67.4 Å². The summed E-state index contributed by atoms with van der Waals surface area (Å²) in [5.74, 6) is 2.41. The zero-order valence-corrected chi connectivity index (χ0v) is 20.8. The second-order valence-corrected chi connectivity index (χ2v) is 6.78. The molecule has 0 fully saturated rings. The summed E-state index contributed by atoms with van der Waals surface area (Å²) >= 11 is 0. The van der Waals surface area contributed by atoms with E-state index < -0.39 is 0 Å². The smallest absolute Gasteiger partial charge is 0.203 e. The van der Waals surface area contributed by atoms with Gasteiger partial charge in [-0.25, -0.2) is 4.99 Å². The molecule has 0 bridgehead atoms. The maximum absolute atomic E-state index is 5.43. The van der Waals surface area contributed by atoms with Gasteiger partial charge in [-0.3, -0.25) is 0 Å². The van der Waals surface area contributed by atoms with Crippen LogP contribution in [0, 0.1) is 0 Å². The van der Waals surface area contributed by atoms with Crippen molar-refractivity contribution in [1.29, 1.82) is 0 Å². The fourth-order valence-corrected chi connectivity index (χ4v) is 3.27. The van der Waals surface area contributed by atoms with Crippen LogP contribution in [0.1, 0.15) is 12.5 Å². The summed E-state index contributed by atoms with van der Waals surface area (Å²) in [6.45, 7) is 5.29. The predicted octanol–water partition coefficient (Wildman–Crippen LogP) is 4.28. The van der Waals surface area contributed by atoms with Crippen molar-refractivity contribution in [3.05, 3.63) is 54.1 Å². The lowest BCUT2D eigenvalue weighted by Gasteiger charge is -2.18. The van der Waals surface area contributed by atoms with Crippen molar-refractivity contribution in [1.82, 2.24) is 5.32 Å². The third-order valence-corrected chi connectivity index (χ3v) is 4.81. The van der Waals surface area contributed by atoms with Crippen LogP contribution in [0.15, 0.2) is 53.5 Å². The van der Waals surface area contributed by atoms with Crippen molar-refractivity contribution < 1.29 is 14.2 Å². The van der Waals surface area contributed by atoms with Crippen molar-refractivity contribution in [3.8, 4) is 17.2 Å². The van der Waals surface area contributed by atoms with Crippen molar-refractivity contribution in [2.75, 3.05) is 51.2 Å². The Morgan fingerprint density at radius 3 is 2.10 bits per heavy atom. The van der Waals surface area contributed by atoms with Gasteiger partial charge < -0.3 is 29.7 Å². The van der Waals surface area contributed by atoms with E-state index in [1.54, 1.807) is 21.3 Å². The Kier molecular flexibility index (Phi) is 9.77. The highest BCUT2D eigenvalue weighted by Crippen LogP contribution is 2.39. The highest BCUT2D eigenvalue weighted by Gasteiger charge is 2.14. The molecule has 2 aromatic carbocycles. The van der Waals surface area contributed by atoms with Gasteiger partial charge in [0, 0.05) is 43.1 Å². The summed E-state index contributed by atoms with van der Waals surface area (Å²) in [5.41, 5.74) is 3.17. The standard InChI is InChI=1S/C23H30N4O3.HI/c1-5-24-23(26-18-14-20(28-2)22(30-4)21(15-18)29-3)25-16-17-8-10-19(11-9-17)27-12-6-7-13-27;/h6-11,14-15H,5,12-13,16H2,1-4H3,(H2,24,25,26);1H. The summed E-state index contributed by atoms with van der Waals surface area (Å²) in [5, 5.41) is 6.58. The number of hydrogen-bond acceptors (Lipinski definition) is 5. The minimum Gasteiger partial charge on any atom is -0.493 e. The van der Waals surface area contributed by atoms with Crippen molar-refractivity contribution >= 4 is 41.3 Å². The highest BCUT2D eigenvalue weighted by atomic mass is 127. The fraction of sp³-hybridized carbons (Fsp3) is 0.348. The quantitative estimate of drug-likeness (QED) is 0.227. The summed E-state index contributed by atoms with van der Waals surface area (Å²) in [6, 6.07) is 12.3. The van der Waals surface area contributed by atoms with E-state index in [1.807, 2.05) is 19.1 Å². The second kappa shape index (κ2) is 12.3. The molecule has 1 aliphatic heterocycles. The number of nitrogens with zero attached hydrogens (tertiary/aromatic N) is 2. The van der Waals surface area contributed by atoms with E-state index in [4.69, 9.17) is 19.2 Å². The number of aliphatic imine (C=N–C) groups is 1. The molecule has 31 heavy (non-hydrogen) atoms. The Hall–Kier alpha value is -2.62. The number of guanidine groups is 1. The molecule has 8 heteroatoms. The first-order chi connectivity index (χ1) is 14.7. The normalized spacial score (nSPS) is 12.9. The number of anilines is 2. The van der Waals surface area contributed by atoms with Gasteiger partial charge in [0.15, 0.2) is 17.5 Å². The summed E-state index contributed by atoms with van der Waals surface area (Å²) < 4.78 is 16.2. The Labute approximate surface area is 201 Å². The van der Waals surface area contributed by atoms with E-state index in [-0.39, 0.29) is 24.0 Å². The summed E-state index contributed by atoms with van der Waals surface area (Å²) in [6.07, 6.45) is 4.38. The zero-order chi connectivity index (χ0) is 21.3. The van der Waals surface area contributed by atoms with Gasteiger partial charge in [0.25, 0.3) is 0 Å². The Morgan fingerprint density at radius 2 is 1.58 bits per heavy atom. The van der Waals surface area contributed by atoms with Crippen molar-refractivity contribution in [3.63, 3.8) is 0 Å². The number of hydrogen-bond donors (Lipinski definition) is 2. The van der Waals surface area contributed by atoms with Crippen LogP contribution in [-0.4, -0.2) is 46.9 Å². The fourth-order valence-electron chi connectivity index (χ4n) is 3.27. The van der Waals surface area contributed by atoms with Crippen LogP contribution in [-0.2, 0) is 6.54 Å². The lowest BCUT2D eigenvalue weighted by molar-refractivity contribution is 0.324. The molecule has 2 aromatic rings. The molecule has 0 saturated heterocycles. The molecule has 1 aliphatic rings. The van der Waals surface area contributed by atoms with Gasteiger partial charge >= 0.3 is 0 Å². The van der Waals surface area contributed by atoms with Gasteiger partial charge in [-0.1, -0.05) is 24.3 Å². The van der Waals surface area contributed by atoms with E-state index in [0.29, 0.717) is 29.8 Å². The van der Waals surface area contributed by atoms with Crippen LogP contribution in [0.25, 0.3) is 0 Å². The minimum absolute atomic E-state index is 0. The van der Waals surface area contributed by atoms with E-state index in [1.165, 1.54) is 5.69 Å². The van der Waals surface area contributed by atoms with Gasteiger partial charge in [-0.2, -0.15) is 0 Å². The van der Waals surface area contributed by atoms with E-state index in [9.17, 15) is 0 Å². The number of ether oxygens (including phenoxy) is 3. The van der Waals surface area contributed by atoms with Gasteiger partial charge in [0.1, 0.15) is 0 Å². The third-order valence-electron chi connectivity index (χ3n) is 4.81. The first kappa shape index (κ1) is 24.6. The van der Waals surface area contributed by atoms with E-state index in [0.717, 1.165) is 30.9 Å². The van der Waals surface area contributed by atoms with Gasteiger partial charge in [-0.15, -0.1) is 24.0 Å². The molecule has 0 aliphatic carbocycles.